The molecule has 10 fully saturated rings. The van der Waals surface area contributed by atoms with Crippen LogP contribution >= 0.6 is 24.8 Å². The van der Waals surface area contributed by atoms with Gasteiger partial charge in [-0.2, -0.15) is 0 Å². The summed E-state index contributed by atoms with van der Waals surface area (Å²) in [6.45, 7) is -4.10. The fourth-order valence-electron chi connectivity index (χ4n) is 17.7. The number of carboxylic acid groups (broad SMARTS) is 2. The predicted molar refractivity (Wildman–Crippen MR) is 65.2 cm³/mol. The zero-order valence-corrected chi connectivity index (χ0v) is 12.2. The molecule has 0 amide bonds. The van der Waals surface area contributed by atoms with E-state index < -0.39 is 18.4 Å². The molecule has 19 heavy (non-hydrogen) atoms. The van der Waals surface area contributed by atoms with Gasteiger partial charge in [-0.25, -0.2) is 0 Å². The number of rotatable bonds is 2. The van der Waals surface area contributed by atoms with Gasteiger partial charge in [0.05, 0.1) is 0 Å². The van der Waals surface area contributed by atoms with Gasteiger partial charge in [-0.05, 0) is 0 Å². The average molecular weight is 347 g/mol. The Morgan fingerprint density at radius 2 is 1.00 bits per heavy atom. The van der Waals surface area contributed by atoms with Crippen molar-refractivity contribution in [1.29, 1.82) is 0 Å². The first-order valence-electron chi connectivity index (χ1n) is 6.50. The van der Waals surface area contributed by atoms with E-state index >= 15 is 0 Å². The monoisotopic (exact) mass is 346 g/mol. The second-order valence-corrected chi connectivity index (χ2v) is 33.6. The van der Waals surface area contributed by atoms with E-state index in [1.165, 1.54) is 0 Å². The first-order chi connectivity index (χ1) is 7.82. The molecular formula is C12H12Cl2FeO4. The minimum absolute atomic E-state index is 0. The molecule has 0 aromatic carbocycles. The third-order valence-corrected chi connectivity index (χ3v) is 58.1. The zero-order chi connectivity index (χ0) is 11.1. The molecule has 0 saturated carbocycles. The van der Waals surface area contributed by atoms with Gasteiger partial charge >= 0.3 is 85.4 Å². The van der Waals surface area contributed by atoms with Crippen LogP contribution in [0.3, 0.4) is 0 Å². The number of hydrogen-bond donors (Lipinski definition) is 2. The minimum atomic E-state index is -4.10. The first kappa shape index (κ1) is 9.14. The van der Waals surface area contributed by atoms with Crippen LogP contribution < -0.4 is 0 Å². The number of halogens is 2. The first-order valence-corrected chi connectivity index (χ1v) is 12.7. The summed E-state index contributed by atoms with van der Waals surface area (Å²) < 4.78 is -0.653. The maximum atomic E-state index is 12.0. The van der Waals surface area contributed by atoms with Gasteiger partial charge in [0.2, 0.25) is 0 Å². The number of carbonyl (C=O) groups is 2. The van der Waals surface area contributed by atoms with Crippen LogP contribution in [0.25, 0.3) is 0 Å². The molecule has 10 rings (SSSR count). The summed E-state index contributed by atoms with van der Waals surface area (Å²) in [5, 5.41) is 19.7. The number of carboxylic acids is 2. The van der Waals surface area contributed by atoms with Crippen LogP contribution in [0.4, 0.5) is 0 Å². The van der Waals surface area contributed by atoms with Crippen LogP contribution in [-0.4, -0.2) is 22.2 Å². The molecule has 106 valence electrons. The summed E-state index contributed by atoms with van der Waals surface area (Å²) in [6, 6.07) is 0. The summed E-state index contributed by atoms with van der Waals surface area (Å²) in [4.78, 5) is 28.9. The van der Waals surface area contributed by atoms with Gasteiger partial charge in [0.1, 0.15) is 0 Å². The molecule has 10 aliphatic rings. The fraction of sp³-hybridized carbons (Fsp3) is 0.833. The second kappa shape index (κ2) is 0.691. The van der Waals surface area contributed by atoms with Crippen LogP contribution in [0.2, 0.25) is 47.2 Å². The molecule has 0 radical (unpaired) electrons. The SMILES string of the molecule is Cl.Cl.O=C(O)[C]12[CH]3[CH]4[CH]5[CH]1[Fe]45321678[CH]2[CH]1[CH]6[C]7(C(=O)O)[CH]28. The van der Waals surface area contributed by atoms with Gasteiger partial charge in [-0.3, -0.25) is 0 Å². The maximum absolute atomic E-state index is 12.0. The topological polar surface area (TPSA) is 74.6 Å². The second-order valence-electron chi connectivity index (χ2n) is 10.4. The molecule has 8 unspecified atom stereocenters. The molecule has 2 N–H and O–H groups in total. The number of hydrogen-bond acceptors (Lipinski definition) is 2. The van der Waals surface area contributed by atoms with E-state index in [9.17, 15) is 19.8 Å². The molecule has 1 spiro atoms. The Hall–Kier alpha value is 0.0395. The van der Waals surface area contributed by atoms with E-state index in [-0.39, 0.29) is 33.4 Å². The van der Waals surface area contributed by atoms with Crippen molar-refractivity contribution in [3.05, 3.63) is 0 Å². The molecule has 10 saturated heterocycles. The molecule has 0 bridgehead atoms. The van der Waals surface area contributed by atoms with E-state index in [1.54, 1.807) is 0 Å². The summed E-state index contributed by atoms with van der Waals surface area (Å²) in [7, 11) is 0. The van der Waals surface area contributed by atoms with Crippen LogP contribution in [0, 0.1) is 0 Å². The average Bonchev–Trinajstić information content (AvgIpc) is 3.22. The third-order valence-electron chi connectivity index (χ3n) is 15.5. The van der Waals surface area contributed by atoms with E-state index in [1.807, 2.05) is 0 Å². The van der Waals surface area contributed by atoms with Crippen LogP contribution in [-0.2, 0) is 16.1 Å². The van der Waals surface area contributed by atoms with Crippen molar-refractivity contribution in [2.24, 2.45) is 0 Å². The van der Waals surface area contributed by atoms with Gasteiger partial charge in [0.15, 0.2) is 0 Å². The van der Waals surface area contributed by atoms with Crippen molar-refractivity contribution < 1.29 is 26.3 Å². The molecular weight excluding hydrogens is 335 g/mol. The Labute approximate surface area is 110 Å². The molecule has 10 heterocycles. The molecule has 0 aliphatic carbocycles. The Balaban J connectivity index is 0.000000376. The van der Waals surface area contributed by atoms with Crippen molar-refractivity contribution >= 4 is 36.8 Å². The van der Waals surface area contributed by atoms with Gasteiger partial charge in [-0.15, -0.1) is 24.8 Å². The van der Waals surface area contributed by atoms with Gasteiger partial charge in [0, 0.05) is 0 Å². The van der Waals surface area contributed by atoms with Crippen molar-refractivity contribution in [2.75, 3.05) is 0 Å². The van der Waals surface area contributed by atoms with Crippen molar-refractivity contribution in [1.82, 2.24) is 0 Å². The fourth-order valence-corrected chi connectivity index (χ4v) is 92.6. The van der Waals surface area contributed by atoms with Crippen molar-refractivity contribution in [3.63, 3.8) is 0 Å². The Kier molecular flexibility index (Phi) is 0.332. The Morgan fingerprint density at radius 3 is 1.11 bits per heavy atom. The molecule has 0 aromatic rings. The zero-order valence-electron chi connectivity index (χ0n) is 9.50. The van der Waals surface area contributed by atoms with E-state index in [0.29, 0.717) is 19.3 Å². The number of fused-ring (bicyclic) bond motifs is 10. The molecule has 10 aliphatic heterocycles. The Bertz CT molecular complexity index is 1010. The van der Waals surface area contributed by atoms with E-state index in [2.05, 4.69) is 0 Å². The number of aliphatic carboxylic acids is 2. The van der Waals surface area contributed by atoms with E-state index in [0.717, 1.165) is 19.3 Å². The summed E-state index contributed by atoms with van der Waals surface area (Å²) in [6.07, 6.45) is 0. The summed E-state index contributed by atoms with van der Waals surface area (Å²) >= 11 is 0. The molecule has 0 aromatic heterocycles. The normalized spacial score (nSPS) is 110. The summed E-state index contributed by atoms with van der Waals surface area (Å²) in [5.74, 6) is -1.07. The third kappa shape index (κ3) is 0.0819. The Morgan fingerprint density at radius 1 is 0.737 bits per heavy atom. The van der Waals surface area contributed by atoms with Gasteiger partial charge in [-0.1, -0.05) is 0 Å². The quantitative estimate of drug-likeness (QED) is 0.753. The van der Waals surface area contributed by atoms with Gasteiger partial charge < -0.3 is 0 Å². The van der Waals surface area contributed by atoms with Gasteiger partial charge in [0.25, 0.3) is 0 Å². The van der Waals surface area contributed by atoms with Crippen LogP contribution in [0.1, 0.15) is 0 Å². The standard InChI is InChI=1S/2C6H5O2.2ClH.Fe/c2*7-6(8)5-3-1-2-4-5;;;/h2*1-4H,(H,7,8);2*1H;. The molecule has 7 heteroatoms. The van der Waals surface area contributed by atoms with Crippen molar-refractivity contribution in [2.45, 2.75) is 47.2 Å². The van der Waals surface area contributed by atoms with Crippen LogP contribution in [0.15, 0.2) is 0 Å². The van der Waals surface area contributed by atoms with Crippen LogP contribution in [0.5, 0.6) is 0 Å². The molecule has 8 atom stereocenters. The summed E-state index contributed by atoms with van der Waals surface area (Å²) in [5.41, 5.74) is 0. The van der Waals surface area contributed by atoms with Crippen molar-refractivity contribution in [3.8, 4) is 0 Å². The predicted octanol–water partition coefficient (Wildman–Crippen LogP) is 3.13. The van der Waals surface area contributed by atoms with E-state index in [4.69, 9.17) is 0 Å². The molecule has 4 nitrogen and oxygen atoms in total.